The van der Waals surface area contributed by atoms with Gasteiger partial charge in [-0.3, -0.25) is 0 Å². The zero-order valence-corrected chi connectivity index (χ0v) is 24.3. The number of rotatable bonds is 3. The van der Waals surface area contributed by atoms with E-state index in [-0.39, 0.29) is 0 Å². The van der Waals surface area contributed by atoms with Crippen molar-refractivity contribution in [2.45, 2.75) is 71.2 Å². The average molecular weight is 495 g/mol. The van der Waals surface area contributed by atoms with Crippen LogP contribution in [0.2, 0.25) is 22.4 Å². The van der Waals surface area contributed by atoms with Gasteiger partial charge in [0.05, 0.1) is 0 Å². The second kappa shape index (κ2) is 7.01. The fraction of sp³-hybridized carbons (Fsp3) is 0.429. The van der Waals surface area contributed by atoms with Gasteiger partial charge in [-0.25, -0.2) is 0 Å². The van der Waals surface area contributed by atoms with Crippen molar-refractivity contribution >= 4 is 18.1 Å². The molecular formula is C28H39SiZr. The van der Waals surface area contributed by atoms with Crippen LogP contribution in [0.4, 0.5) is 0 Å². The summed E-state index contributed by atoms with van der Waals surface area (Å²) >= 11 is -3.36. The first-order valence-electron chi connectivity index (χ1n) is 11.6. The van der Waals surface area contributed by atoms with Crippen molar-refractivity contribution in [3.8, 4) is 0 Å². The van der Waals surface area contributed by atoms with Gasteiger partial charge in [0.25, 0.3) is 0 Å². The number of hydrogen-bond donors (Lipinski definition) is 0. The van der Waals surface area contributed by atoms with Crippen molar-refractivity contribution in [3.63, 3.8) is 0 Å². The van der Waals surface area contributed by atoms with E-state index in [9.17, 15) is 0 Å². The molecule has 0 bridgehead atoms. The van der Waals surface area contributed by atoms with Crippen LogP contribution < -0.4 is 0 Å². The Bertz CT molecular complexity index is 1050. The van der Waals surface area contributed by atoms with Crippen molar-refractivity contribution in [2.24, 2.45) is 0 Å². The molecule has 0 amide bonds. The quantitative estimate of drug-likeness (QED) is 0.376. The van der Waals surface area contributed by atoms with Crippen molar-refractivity contribution in [3.05, 3.63) is 79.9 Å². The molecule has 2 unspecified atom stereocenters. The third-order valence-electron chi connectivity index (χ3n) is 9.34. The van der Waals surface area contributed by atoms with Gasteiger partial charge in [0.2, 0.25) is 0 Å². The molecule has 0 spiro atoms. The van der Waals surface area contributed by atoms with Crippen LogP contribution in [-0.4, -0.2) is 5.92 Å². The molecule has 0 fully saturated rings. The van der Waals surface area contributed by atoms with E-state index in [1.54, 1.807) is 22.3 Å². The van der Waals surface area contributed by atoms with E-state index >= 15 is 0 Å². The van der Waals surface area contributed by atoms with Crippen LogP contribution in [0.3, 0.4) is 0 Å². The van der Waals surface area contributed by atoms with Crippen LogP contribution in [0.1, 0.15) is 65.6 Å². The topological polar surface area (TPSA) is 0 Å². The Labute approximate surface area is 186 Å². The SMILES string of the molecule is CC1=Cc2cc(C)c(C)cc2[CH]1[Zr]([CH3])([CH3])([CH]1C(C)=Cc2cc(C)c(C)cc21)[SiH](C)C. The van der Waals surface area contributed by atoms with E-state index in [0.29, 0.717) is 7.25 Å². The number of hydrogen-bond acceptors (Lipinski definition) is 0. The van der Waals surface area contributed by atoms with Crippen LogP contribution in [0.25, 0.3) is 12.2 Å². The Hall–Kier alpha value is -0.980. The second-order valence-corrected chi connectivity index (χ2v) is 49.5. The summed E-state index contributed by atoms with van der Waals surface area (Å²) in [5, 5.41) is 0. The third kappa shape index (κ3) is 2.93. The maximum atomic E-state index is 2.84. The first-order chi connectivity index (χ1) is 13.9. The molecule has 0 heterocycles. The summed E-state index contributed by atoms with van der Waals surface area (Å²) in [6, 6.07) is 10.00. The molecule has 30 heavy (non-hydrogen) atoms. The van der Waals surface area contributed by atoms with Gasteiger partial charge in [-0.05, 0) is 0 Å². The summed E-state index contributed by atoms with van der Waals surface area (Å²) in [6.07, 6.45) is 5.05. The van der Waals surface area contributed by atoms with Gasteiger partial charge in [0.15, 0.2) is 0 Å². The summed E-state index contributed by atoms with van der Waals surface area (Å²) in [6.45, 7) is 19.3. The van der Waals surface area contributed by atoms with Crippen molar-refractivity contribution < 1.29 is 17.9 Å². The van der Waals surface area contributed by atoms with Gasteiger partial charge in [0, 0.05) is 0 Å². The normalized spacial score (nSPS) is 21.8. The molecule has 2 aromatic carbocycles. The molecule has 0 nitrogen and oxygen atoms in total. The van der Waals surface area contributed by atoms with E-state index in [2.05, 4.69) is 100 Å². The summed E-state index contributed by atoms with van der Waals surface area (Å²) in [7, 11) is 0. The van der Waals surface area contributed by atoms with Crippen LogP contribution in [0.5, 0.6) is 0 Å². The number of fused-ring (bicyclic) bond motifs is 2. The molecule has 0 saturated heterocycles. The van der Waals surface area contributed by atoms with Crippen LogP contribution in [0, 0.1) is 27.7 Å². The molecule has 2 atom stereocenters. The summed E-state index contributed by atoms with van der Waals surface area (Å²) in [5.41, 5.74) is 15.3. The maximum absolute atomic E-state index is 3.36. The summed E-state index contributed by atoms with van der Waals surface area (Å²) in [5.74, 6) is -0.944. The van der Waals surface area contributed by atoms with E-state index in [1.807, 2.05) is 0 Å². The molecule has 0 aliphatic heterocycles. The Morgan fingerprint density at radius 3 is 1.27 bits per heavy atom. The predicted molar refractivity (Wildman–Crippen MR) is 135 cm³/mol. The van der Waals surface area contributed by atoms with E-state index in [1.165, 1.54) is 33.4 Å². The zero-order valence-electron chi connectivity index (χ0n) is 20.7. The van der Waals surface area contributed by atoms with Crippen LogP contribution >= 0.6 is 0 Å². The van der Waals surface area contributed by atoms with Gasteiger partial charge in [0.1, 0.15) is 0 Å². The first-order valence-corrected chi connectivity index (χ1v) is 26.5. The molecule has 0 N–H and O–H groups in total. The molecule has 0 radical (unpaired) electrons. The minimum absolute atomic E-state index is 0.674. The standard InChI is InChI=1S/2C12H13.C2H7Si.2CH3.Zr/c2*1-8-4-11-6-9(2)10(3)7-12(11)5-8;1-3-2;;;/h2*4-7H,1-3H3;3H,1-2H3;2*1H3;. The Kier molecular flexibility index (Phi) is 5.19. The van der Waals surface area contributed by atoms with Crippen LogP contribution in [-0.2, 0) is 17.9 Å². The van der Waals surface area contributed by atoms with Gasteiger partial charge >= 0.3 is 187 Å². The fourth-order valence-corrected chi connectivity index (χ4v) is 37.6. The van der Waals surface area contributed by atoms with E-state index in [0.717, 1.165) is 0 Å². The Morgan fingerprint density at radius 2 is 0.933 bits per heavy atom. The minimum atomic E-state index is -3.36. The monoisotopic (exact) mass is 493 g/mol. The molecule has 2 aromatic rings. The van der Waals surface area contributed by atoms with Crippen LogP contribution in [0.15, 0.2) is 35.4 Å². The summed E-state index contributed by atoms with van der Waals surface area (Å²) in [4.78, 5) is 0. The molecule has 2 aliphatic carbocycles. The molecular weight excluding hydrogens is 456 g/mol. The molecule has 159 valence electrons. The van der Waals surface area contributed by atoms with Gasteiger partial charge in [-0.1, -0.05) is 0 Å². The molecule has 0 aromatic heterocycles. The molecule has 2 aliphatic rings. The number of benzene rings is 2. The third-order valence-corrected chi connectivity index (χ3v) is 56.5. The van der Waals surface area contributed by atoms with Gasteiger partial charge < -0.3 is 0 Å². The predicted octanol–water partition coefficient (Wildman–Crippen LogP) is 8.31. The van der Waals surface area contributed by atoms with Gasteiger partial charge in [-0.15, -0.1) is 0 Å². The van der Waals surface area contributed by atoms with E-state index < -0.39 is 23.9 Å². The van der Waals surface area contributed by atoms with Crippen molar-refractivity contribution in [1.82, 2.24) is 0 Å². The van der Waals surface area contributed by atoms with E-state index in [4.69, 9.17) is 0 Å². The molecule has 0 saturated carbocycles. The summed E-state index contributed by atoms with van der Waals surface area (Å²) < 4.78 is 7.04. The average Bonchev–Trinajstić information content (AvgIpc) is 3.12. The van der Waals surface area contributed by atoms with Crippen molar-refractivity contribution in [1.29, 1.82) is 0 Å². The molecule has 4 rings (SSSR count). The first kappa shape index (κ1) is 22.2. The number of allylic oxidation sites excluding steroid dienone is 2. The Balaban J connectivity index is 2.00. The van der Waals surface area contributed by atoms with Gasteiger partial charge in [-0.2, -0.15) is 0 Å². The fourth-order valence-electron chi connectivity index (χ4n) is 6.87. The van der Waals surface area contributed by atoms with Crippen molar-refractivity contribution in [2.75, 3.05) is 0 Å². The molecule has 2 heteroatoms. The Morgan fingerprint density at radius 1 is 0.600 bits per heavy atom. The number of aryl methyl sites for hydroxylation is 4. The zero-order chi connectivity index (χ0) is 22.2. The second-order valence-electron chi connectivity index (χ2n) is 11.7.